The van der Waals surface area contributed by atoms with Crippen LogP contribution in [-0.4, -0.2) is 28.4 Å². The van der Waals surface area contributed by atoms with Crippen molar-refractivity contribution < 1.29 is 8.95 Å². The van der Waals surface area contributed by atoms with Gasteiger partial charge in [0.25, 0.3) is 0 Å². The predicted octanol–water partition coefficient (Wildman–Crippen LogP) is 1.07. The fraction of sp³-hybridized carbons (Fsp3) is 0.889. The second-order valence-electron chi connectivity index (χ2n) is 3.39. The SMILES string of the molecule is CC(C#N)CS(=O)C1CCOCC1. The van der Waals surface area contributed by atoms with Crippen LogP contribution >= 0.6 is 0 Å². The highest BCUT2D eigenvalue weighted by molar-refractivity contribution is 7.85. The maximum absolute atomic E-state index is 11.7. The van der Waals surface area contributed by atoms with Crippen molar-refractivity contribution in [3.8, 4) is 6.07 Å². The van der Waals surface area contributed by atoms with E-state index in [1.54, 1.807) is 0 Å². The van der Waals surface area contributed by atoms with Crippen LogP contribution in [0.1, 0.15) is 19.8 Å². The van der Waals surface area contributed by atoms with Crippen LogP contribution < -0.4 is 0 Å². The molecular formula is C9H15NO2S. The van der Waals surface area contributed by atoms with Crippen LogP contribution in [0.2, 0.25) is 0 Å². The van der Waals surface area contributed by atoms with Gasteiger partial charge in [-0.25, -0.2) is 0 Å². The summed E-state index contributed by atoms with van der Waals surface area (Å²) in [5.74, 6) is 0.421. The highest BCUT2D eigenvalue weighted by atomic mass is 32.2. The Balaban J connectivity index is 2.34. The molecule has 1 aliphatic heterocycles. The summed E-state index contributed by atoms with van der Waals surface area (Å²) >= 11 is 0. The van der Waals surface area contributed by atoms with Gasteiger partial charge in [0.05, 0.1) is 12.0 Å². The molecule has 0 saturated carbocycles. The quantitative estimate of drug-likeness (QED) is 0.686. The molecule has 2 unspecified atom stereocenters. The van der Waals surface area contributed by atoms with E-state index in [1.807, 2.05) is 6.92 Å². The Bertz CT molecular complexity index is 218. The number of hydrogen-bond acceptors (Lipinski definition) is 3. The van der Waals surface area contributed by atoms with Gasteiger partial charge in [-0.05, 0) is 19.8 Å². The minimum atomic E-state index is -0.839. The first kappa shape index (κ1) is 10.7. The first-order valence-electron chi connectivity index (χ1n) is 4.58. The third kappa shape index (κ3) is 3.45. The summed E-state index contributed by atoms with van der Waals surface area (Å²) in [5.41, 5.74) is 0. The summed E-state index contributed by atoms with van der Waals surface area (Å²) in [4.78, 5) is 0. The lowest BCUT2D eigenvalue weighted by molar-refractivity contribution is 0.0992. The van der Waals surface area contributed by atoms with Gasteiger partial charge in [0.15, 0.2) is 0 Å². The molecule has 0 aromatic rings. The van der Waals surface area contributed by atoms with E-state index in [1.165, 1.54) is 0 Å². The highest BCUT2D eigenvalue weighted by Crippen LogP contribution is 2.14. The minimum Gasteiger partial charge on any atom is -0.381 e. The largest absolute Gasteiger partial charge is 0.381 e. The van der Waals surface area contributed by atoms with E-state index in [2.05, 4.69) is 6.07 Å². The van der Waals surface area contributed by atoms with E-state index in [4.69, 9.17) is 10.00 Å². The Labute approximate surface area is 81.5 Å². The summed E-state index contributed by atoms with van der Waals surface area (Å²) in [5, 5.41) is 8.83. The smallest absolute Gasteiger partial charge is 0.0662 e. The van der Waals surface area contributed by atoms with Crippen LogP contribution in [0.3, 0.4) is 0 Å². The molecule has 4 heteroatoms. The van der Waals surface area contributed by atoms with Crippen LogP contribution in [0.15, 0.2) is 0 Å². The highest BCUT2D eigenvalue weighted by Gasteiger charge is 2.21. The minimum absolute atomic E-state index is 0.0938. The number of nitrogens with zero attached hydrogens (tertiary/aromatic N) is 1. The van der Waals surface area contributed by atoms with E-state index in [9.17, 15) is 4.21 Å². The standard InChI is InChI=1S/C9H15NO2S/c1-8(6-10)7-13(11)9-2-4-12-5-3-9/h8-9H,2-5,7H2,1H3. The number of rotatable bonds is 3. The fourth-order valence-corrected chi connectivity index (χ4v) is 2.92. The molecule has 3 nitrogen and oxygen atoms in total. The Morgan fingerprint density at radius 3 is 2.77 bits per heavy atom. The van der Waals surface area contributed by atoms with Gasteiger partial charge >= 0.3 is 0 Å². The van der Waals surface area contributed by atoms with Crippen molar-refractivity contribution in [2.24, 2.45) is 5.92 Å². The Kier molecular flexibility index (Phi) is 4.40. The molecule has 0 N–H and O–H groups in total. The zero-order valence-electron chi connectivity index (χ0n) is 7.86. The van der Waals surface area contributed by atoms with Crippen LogP contribution in [0.4, 0.5) is 0 Å². The Morgan fingerprint density at radius 2 is 2.23 bits per heavy atom. The molecule has 0 aromatic carbocycles. The molecule has 1 rings (SSSR count). The normalized spacial score (nSPS) is 23.4. The first-order chi connectivity index (χ1) is 6.24. The van der Waals surface area contributed by atoms with Gasteiger partial charge in [-0.1, -0.05) is 0 Å². The van der Waals surface area contributed by atoms with Crippen molar-refractivity contribution >= 4 is 10.8 Å². The lowest BCUT2D eigenvalue weighted by Gasteiger charge is -2.21. The zero-order chi connectivity index (χ0) is 9.68. The van der Waals surface area contributed by atoms with Crippen molar-refractivity contribution in [2.45, 2.75) is 25.0 Å². The topological polar surface area (TPSA) is 50.1 Å². The summed E-state index contributed by atoms with van der Waals surface area (Å²) in [6.07, 6.45) is 1.76. The van der Waals surface area contributed by atoms with Crippen molar-refractivity contribution in [2.75, 3.05) is 19.0 Å². The van der Waals surface area contributed by atoms with Crippen LogP contribution in [0, 0.1) is 17.2 Å². The molecule has 0 spiro atoms. The molecule has 1 aliphatic rings. The maximum atomic E-state index is 11.7. The summed E-state index contributed by atoms with van der Waals surface area (Å²) in [6, 6.07) is 2.11. The Hall–Kier alpha value is -0.400. The van der Waals surface area contributed by atoms with E-state index in [-0.39, 0.29) is 11.2 Å². The van der Waals surface area contributed by atoms with Gasteiger partial charge < -0.3 is 4.74 Å². The monoisotopic (exact) mass is 201 g/mol. The molecule has 0 aromatic heterocycles. The molecule has 74 valence electrons. The summed E-state index contributed by atoms with van der Waals surface area (Å²) < 4.78 is 16.9. The third-order valence-electron chi connectivity index (χ3n) is 2.17. The molecular weight excluding hydrogens is 186 g/mol. The average Bonchev–Trinajstić information content (AvgIpc) is 2.19. The van der Waals surface area contributed by atoms with Gasteiger partial charge in [0.1, 0.15) is 0 Å². The van der Waals surface area contributed by atoms with Crippen molar-refractivity contribution in [1.29, 1.82) is 5.26 Å². The molecule has 1 fully saturated rings. The maximum Gasteiger partial charge on any atom is 0.0662 e. The number of nitriles is 1. The fourth-order valence-electron chi connectivity index (χ4n) is 1.36. The van der Waals surface area contributed by atoms with E-state index >= 15 is 0 Å². The molecule has 0 aliphatic carbocycles. The lowest BCUT2D eigenvalue weighted by Crippen LogP contribution is -2.27. The van der Waals surface area contributed by atoms with Crippen molar-refractivity contribution in [3.05, 3.63) is 0 Å². The second kappa shape index (κ2) is 5.36. The van der Waals surface area contributed by atoms with Gasteiger partial charge in [-0.2, -0.15) is 5.26 Å². The second-order valence-corrected chi connectivity index (χ2v) is 5.15. The number of hydrogen-bond donors (Lipinski definition) is 0. The molecule has 2 atom stereocenters. The molecule has 13 heavy (non-hydrogen) atoms. The van der Waals surface area contributed by atoms with E-state index in [0.717, 1.165) is 26.1 Å². The Morgan fingerprint density at radius 1 is 1.62 bits per heavy atom. The molecule has 0 bridgehead atoms. The van der Waals surface area contributed by atoms with Crippen molar-refractivity contribution in [1.82, 2.24) is 0 Å². The van der Waals surface area contributed by atoms with Crippen LogP contribution in [-0.2, 0) is 15.5 Å². The first-order valence-corrected chi connectivity index (χ1v) is 5.96. The van der Waals surface area contributed by atoms with Gasteiger partial charge in [0, 0.05) is 35.0 Å². The summed E-state index contributed by atoms with van der Waals surface area (Å²) in [7, 11) is -0.839. The van der Waals surface area contributed by atoms with Crippen molar-refractivity contribution in [3.63, 3.8) is 0 Å². The van der Waals surface area contributed by atoms with Crippen LogP contribution in [0.5, 0.6) is 0 Å². The number of ether oxygens (including phenoxy) is 1. The van der Waals surface area contributed by atoms with Gasteiger partial charge in [-0.15, -0.1) is 0 Å². The predicted molar refractivity (Wildman–Crippen MR) is 51.6 cm³/mol. The molecule has 1 saturated heterocycles. The molecule has 1 heterocycles. The summed E-state index contributed by atoms with van der Waals surface area (Å²) in [6.45, 7) is 3.26. The molecule has 0 radical (unpaired) electrons. The molecule has 0 amide bonds. The third-order valence-corrected chi connectivity index (χ3v) is 4.22. The van der Waals surface area contributed by atoms with E-state index in [0.29, 0.717) is 5.75 Å². The van der Waals surface area contributed by atoms with Gasteiger partial charge in [0.2, 0.25) is 0 Å². The van der Waals surface area contributed by atoms with Gasteiger partial charge in [-0.3, -0.25) is 4.21 Å². The van der Waals surface area contributed by atoms with E-state index < -0.39 is 10.8 Å². The lowest BCUT2D eigenvalue weighted by atomic mass is 10.2. The zero-order valence-corrected chi connectivity index (χ0v) is 8.68. The van der Waals surface area contributed by atoms with Crippen LogP contribution in [0.25, 0.3) is 0 Å². The average molecular weight is 201 g/mol.